The van der Waals surface area contributed by atoms with Crippen molar-refractivity contribution in [2.75, 3.05) is 12.4 Å². The van der Waals surface area contributed by atoms with Crippen LogP contribution in [-0.4, -0.2) is 51.8 Å². The minimum Gasteiger partial charge on any atom is -0.477 e. The average molecular weight is 286 g/mol. The van der Waals surface area contributed by atoms with Crippen molar-refractivity contribution in [1.82, 2.24) is 10.2 Å². The van der Waals surface area contributed by atoms with Crippen molar-refractivity contribution in [3.05, 3.63) is 11.3 Å². The molecule has 8 heteroatoms. The second kappa shape index (κ2) is 5.12. The van der Waals surface area contributed by atoms with Crippen molar-refractivity contribution in [3.8, 4) is 0 Å². The molecule has 2 unspecified atom stereocenters. The first-order valence-electron chi connectivity index (χ1n) is 5.78. The molecular formula is C11H14N2O5S. The summed E-state index contributed by atoms with van der Waals surface area (Å²) in [6.45, 7) is 3.57. The van der Waals surface area contributed by atoms with E-state index in [1.807, 2.05) is 0 Å². The number of carbonyl (C=O) groups is 3. The van der Waals surface area contributed by atoms with Crippen molar-refractivity contribution < 1.29 is 24.2 Å². The van der Waals surface area contributed by atoms with Gasteiger partial charge in [-0.05, 0) is 19.4 Å². The first-order chi connectivity index (χ1) is 8.97. The number of hydrogen-bond donors (Lipinski definition) is 2. The molecule has 2 atom stereocenters. The summed E-state index contributed by atoms with van der Waals surface area (Å²) >= 11 is 1.43. The minimum atomic E-state index is -1.12. The predicted octanol–water partition coefficient (Wildman–Crippen LogP) is 0.375. The zero-order valence-electron chi connectivity index (χ0n) is 10.5. The second-order valence-corrected chi connectivity index (χ2v) is 5.29. The molecule has 2 N–H and O–H groups in total. The van der Waals surface area contributed by atoms with Gasteiger partial charge in [0.25, 0.3) is 5.91 Å². The van der Waals surface area contributed by atoms with Crippen LogP contribution in [0.15, 0.2) is 11.3 Å². The highest BCUT2D eigenvalue weighted by molar-refractivity contribution is 8.00. The number of carboxylic acid groups (broad SMARTS) is 1. The Balaban J connectivity index is 2.11. The summed E-state index contributed by atoms with van der Waals surface area (Å²) in [6.07, 6.45) is -0.663. The summed E-state index contributed by atoms with van der Waals surface area (Å²) in [5, 5.41) is 11.2. The zero-order valence-corrected chi connectivity index (χ0v) is 11.3. The Morgan fingerprint density at radius 3 is 2.84 bits per heavy atom. The summed E-state index contributed by atoms with van der Waals surface area (Å²) in [6, 6.07) is -0.716. The van der Waals surface area contributed by atoms with E-state index in [-0.39, 0.29) is 17.7 Å². The van der Waals surface area contributed by atoms with Gasteiger partial charge in [0.15, 0.2) is 0 Å². The Labute approximate surface area is 114 Å². The van der Waals surface area contributed by atoms with Crippen molar-refractivity contribution in [3.63, 3.8) is 0 Å². The number of thioether (sulfide) groups is 1. The molecule has 2 rings (SSSR count). The molecule has 7 nitrogen and oxygen atoms in total. The Kier molecular flexibility index (Phi) is 3.70. The highest BCUT2D eigenvalue weighted by Gasteiger charge is 2.53. The van der Waals surface area contributed by atoms with Gasteiger partial charge in [0.05, 0.1) is 6.61 Å². The highest BCUT2D eigenvalue weighted by atomic mass is 32.2. The lowest BCUT2D eigenvalue weighted by atomic mass is 10.0. The average Bonchev–Trinajstić information content (AvgIpc) is 2.35. The second-order valence-electron chi connectivity index (χ2n) is 4.19. The molecule has 0 spiro atoms. The third kappa shape index (κ3) is 2.27. The molecule has 2 aliphatic rings. The molecular weight excluding hydrogens is 272 g/mol. The molecule has 0 saturated carbocycles. The van der Waals surface area contributed by atoms with Crippen LogP contribution in [-0.2, 0) is 14.3 Å². The van der Waals surface area contributed by atoms with Crippen LogP contribution in [0.4, 0.5) is 4.79 Å². The van der Waals surface area contributed by atoms with E-state index < -0.39 is 24.0 Å². The van der Waals surface area contributed by atoms with E-state index in [1.165, 1.54) is 16.7 Å². The van der Waals surface area contributed by atoms with Crippen LogP contribution in [0, 0.1) is 0 Å². The van der Waals surface area contributed by atoms with Crippen molar-refractivity contribution in [2.24, 2.45) is 0 Å². The molecule has 1 fully saturated rings. The summed E-state index contributed by atoms with van der Waals surface area (Å²) in [7, 11) is 0. The highest BCUT2D eigenvalue weighted by Crippen LogP contribution is 2.40. The quantitative estimate of drug-likeness (QED) is 0.728. The maximum absolute atomic E-state index is 11.9. The van der Waals surface area contributed by atoms with E-state index in [4.69, 9.17) is 9.84 Å². The number of rotatable bonds is 3. The number of ether oxygens (including phenoxy) is 1. The largest absolute Gasteiger partial charge is 0.477 e. The number of β-lactam (4-membered cyclic amide) rings is 1. The normalized spacial score (nSPS) is 25.6. The molecule has 19 heavy (non-hydrogen) atoms. The van der Waals surface area contributed by atoms with Gasteiger partial charge in [-0.2, -0.15) is 0 Å². The number of aliphatic carboxylic acids is 1. The molecule has 0 aromatic carbocycles. The molecule has 0 bridgehead atoms. The summed E-state index contributed by atoms with van der Waals surface area (Å²) in [5.41, 5.74) is 0.673. The lowest BCUT2D eigenvalue weighted by Gasteiger charge is -2.49. The summed E-state index contributed by atoms with van der Waals surface area (Å²) in [4.78, 5) is 35.6. The maximum Gasteiger partial charge on any atom is 0.407 e. The molecule has 0 aromatic heterocycles. The number of carbonyl (C=O) groups excluding carboxylic acids is 2. The number of nitrogens with one attached hydrogen (secondary N) is 1. The summed E-state index contributed by atoms with van der Waals surface area (Å²) < 4.78 is 4.71. The molecule has 1 saturated heterocycles. The van der Waals surface area contributed by atoms with Crippen LogP contribution in [0.1, 0.15) is 13.8 Å². The first kappa shape index (κ1) is 13.7. The number of carboxylic acids is 1. The van der Waals surface area contributed by atoms with Gasteiger partial charge < -0.3 is 15.2 Å². The SMILES string of the molecule is CCOC(=O)NC1C(=O)N2C(C(=O)O)=C(C)CSC12. The van der Waals surface area contributed by atoms with Crippen LogP contribution >= 0.6 is 11.8 Å². The van der Waals surface area contributed by atoms with E-state index in [0.29, 0.717) is 11.3 Å². The molecule has 2 heterocycles. The third-order valence-corrected chi connectivity index (χ3v) is 4.33. The number of hydrogen-bond acceptors (Lipinski definition) is 5. The van der Waals surface area contributed by atoms with Gasteiger partial charge >= 0.3 is 12.1 Å². The molecule has 0 radical (unpaired) electrons. The van der Waals surface area contributed by atoms with Gasteiger partial charge in [0.2, 0.25) is 0 Å². The monoisotopic (exact) mass is 286 g/mol. The van der Waals surface area contributed by atoms with Crippen LogP contribution < -0.4 is 5.32 Å². The molecule has 2 aliphatic heterocycles. The lowest BCUT2D eigenvalue weighted by Crippen LogP contribution is -2.70. The van der Waals surface area contributed by atoms with E-state index in [9.17, 15) is 14.4 Å². The molecule has 0 aromatic rings. The first-order valence-corrected chi connectivity index (χ1v) is 6.83. The maximum atomic E-state index is 11.9. The number of amides is 2. The standard InChI is InChI=1S/C11H14N2O5S/c1-3-18-11(17)12-6-8(14)13-7(10(15)16)5(2)4-19-9(6)13/h6,9H,3-4H2,1-2H3,(H,12,17)(H,15,16). The van der Waals surface area contributed by atoms with Crippen molar-refractivity contribution in [1.29, 1.82) is 0 Å². The number of alkyl carbamates (subject to hydrolysis) is 1. The smallest absolute Gasteiger partial charge is 0.407 e. The summed E-state index contributed by atoms with van der Waals surface area (Å²) in [5.74, 6) is -1.01. The van der Waals surface area contributed by atoms with Crippen molar-refractivity contribution >= 4 is 29.7 Å². The van der Waals surface area contributed by atoms with Crippen molar-refractivity contribution in [2.45, 2.75) is 25.3 Å². The lowest BCUT2D eigenvalue weighted by molar-refractivity contribution is -0.149. The number of fused-ring (bicyclic) bond motifs is 1. The van der Waals surface area contributed by atoms with Gasteiger partial charge in [-0.15, -0.1) is 11.8 Å². The van der Waals surface area contributed by atoms with Gasteiger partial charge in [-0.3, -0.25) is 9.69 Å². The van der Waals surface area contributed by atoms with E-state index in [1.54, 1.807) is 13.8 Å². The van der Waals surface area contributed by atoms with Gasteiger partial charge in [0.1, 0.15) is 17.1 Å². The van der Waals surface area contributed by atoms with Gasteiger partial charge in [-0.1, -0.05) is 0 Å². The fourth-order valence-corrected chi connectivity index (χ4v) is 3.37. The van der Waals surface area contributed by atoms with E-state index in [0.717, 1.165) is 0 Å². The Morgan fingerprint density at radius 1 is 1.58 bits per heavy atom. The van der Waals surface area contributed by atoms with Crippen LogP contribution in [0.25, 0.3) is 0 Å². The minimum absolute atomic E-state index is 0.0238. The molecule has 2 amide bonds. The van der Waals surface area contributed by atoms with Crippen LogP contribution in [0.2, 0.25) is 0 Å². The number of nitrogens with zero attached hydrogens (tertiary/aromatic N) is 1. The fraction of sp³-hybridized carbons (Fsp3) is 0.545. The fourth-order valence-electron chi connectivity index (χ4n) is 2.08. The Bertz CT molecular complexity index is 476. The van der Waals surface area contributed by atoms with E-state index in [2.05, 4.69) is 5.32 Å². The predicted molar refractivity (Wildman–Crippen MR) is 67.4 cm³/mol. The zero-order chi connectivity index (χ0) is 14.2. The Morgan fingerprint density at radius 2 is 2.26 bits per heavy atom. The van der Waals surface area contributed by atoms with E-state index >= 15 is 0 Å². The van der Waals surface area contributed by atoms with Gasteiger partial charge in [0, 0.05) is 5.75 Å². The van der Waals surface area contributed by atoms with Gasteiger partial charge in [-0.25, -0.2) is 9.59 Å². The van der Waals surface area contributed by atoms with Crippen LogP contribution in [0.5, 0.6) is 0 Å². The Hall–Kier alpha value is -1.70. The molecule has 0 aliphatic carbocycles. The topological polar surface area (TPSA) is 95.9 Å². The third-order valence-electron chi connectivity index (χ3n) is 2.91. The molecule has 104 valence electrons. The van der Waals surface area contributed by atoms with Crippen LogP contribution in [0.3, 0.4) is 0 Å².